The summed E-state index contributed by atoms with van der Waals surface area (Å²) in [7, 11) is 0. The maximum Gasteiger partial charge on any atom is 0.313 e. The van der Waals surface area contributed by atoms with Crippen LogP contribution in [0.15, 0.2) is 30.3 Å². The van der Waals surface area contributed by atoms with E-state index in [-0.39, 0.29) is 17.3 Å². The van der Waals surface area contributed by atoms with Crippen LogP contribution >= 0.6 is 0 Å². The van der Waals surface area contributed by atoms with Crippen molar-refractivity contribution >= 4 is 11.5 Å². The Balaban J connectivity index is 2.00. The highest BCUT2D eigenvalue weighted by atomic mass is 16.5. The maximum absolute atomic E-state index is 12.1. The first-order chi connectivity index (χ1) is 10.2. The maximum atomic E-state index is 12.1. The predicted molar refractivity (Wildman–Crippen MR) is 84.0 cm³/mol. The van der Waals surface area contributed by atoms with Crippen LogP contribution in [-0.4, -0.2) is 25.7 Å². The van der Waals surface area contributed by atoms with Crippen molar-refractivity contribution in [2.45, 2.75) is 32.1 Å². The Morgan fingerprint density at radius 2 is 2.05 bits per heavy atom. The highest BCUT2D eigenvalue weighted by Crippen LogP contribution is 2.48. The minimum Gasteiger partial charge on any atom is -0.466 e. The summed E-state index contributed by atoms with van der Waals surface area (Å²) in [5.41, 5.74) is 3.88. The zero-order valence-corrected chi connectivity index (χ0v) is 12.8. The lowest BCUT2D eigenvalue weighted by molar-refractivity contribution is -0.145. The molecular formula is C18H23NO2. The molecule has 1 aliphatic heterocycles. The van der Waals surface area contributed by atoms with E-state index in [9.17, 15) is 4.79 Å². The number of benzene rings is 1. The molecule has 3 rings (SSSR count). The van der Waals surface area contributed by atoms with E-state index in [0.717, 1.165) is 31.5 Å². The number of ether oxygens (including phenoxy) is 1. The summed E-state index contributed by atoms with van der Waals surface area (Å²) in [5, 5.41) is 3.43. The minimum absolute atomic E-state index is 0.109. The summed E-state index contributed by atoms with van der Waals surface area (Å²) in [6.45, 7) is 6.32. The van der Waals surface area contributed by atoms with Crippen molar-refractivity contribution in [1.82, 2.24) is 5.32 Å². The van der Waals surface area contributed by atoms with E-state index in [1.54, 1.807) is 0 Å². The molecule has 1 aromatic rings. The molecule has 0 saturated carbocycles. The van der Waals surface area contributed by atoms with Gasteiger partial charge in [0.15, 0.2) is 0 Å². The van der Waals surface area contributed by atoms with Crippen molar-refractivity contribution in [2.24, 2.45) is 5.92 Å². The van der Waals surface area contributed by atoms with E-state index in [4.69, 9.17) is 4.74 Å². The Morgan fingerprint density at radius 1 is 1.33 bits per heavy atom. The average molecular weight is 285 g/mol. The number of esters is 1. The summed E-state index contributed by atoms with van der Waals surface area (Å²) in [4.78, 5) is 12.1. The second-order valence-corrected chi connectivity index (χ2v) is 6.03. The van der Waals surface area contributed by atoms with Gasteiger partial charge in [-0.3, -0.25) is 4.79 Å². The number of piperidine rings is 1. The van der Waals surface area contributed by atoms with Crippen LogP contribution in [0.1, 0.15) is 37.8 Å². The molecule has 1 heterocycles. The third kappa shape index (κ3) is 2.40. The number of hydrogen-bond acceptors (Lipinski definition) is 3. The number of carbonyl (C=O) groups excluding carboxylic acids is 1. The molecule has 1 N–H and O–H groups in total. The van der Waals surface area contributed by atoms with Gasteiger partial charge in [-0.25, -0.2) is 0 Å². The zero-order chi connectivity index (χ0) is 14.9. The normalized spacial score (nSPS) is 20.8. The number of fused-ring (bicyclic) bond motifs is 2. The van der Waals surface area contributed by atoms with E-state index >= 15 is 0 Å². The zero-order valence-electron chi connectivity index (χ0n) is 12.8. The van der Waals surface area contributed by atoms with Crippen LogP contribution in [0.4, 0.5) is 0 Å². The first-order valence-corrected chi connectivity index (χ1v) is 7.88. The van der Waals surface area contributed by atoms with Gasteiger partial charge in [-0.1, -0.05) is 30.3 Å². The molecule has 1 saturated heterocycles. The lowest BCUT2D eigenvalue weighted by Crippen LogP contribution is -2.37. The van der Waals surface area contributed by atoms with Crippen LogP contribution in [0.25, 0.3) is 5.57 Å². The fourth-order valence-corrected chi connectivity index (χ4v) is 3.66. The summed E-state index contributed by atoms with van der Waals surface area (Å²) in [6.07, 6.45) is 4.55. The second-order valence-electron chi connectivity index (χ2n) is 6.03. The molecule has 3 heteroatoms. The van der Waals surface area contributed by atoms with E-state index < -0.39 is 0 Å². The van der Waals surface area contributed by atoms with Crippen molar-refractivity contribution < 1.29 is 9.53 Å². The van der Waals surface area contributed by atoms with Crippen molar-refractivity contribution in [3.8, 4) is 0 Å². The van der Waals surface area contributed by atoms with Gasteiger partial charge in [-0.15, -0.1) is 0 Å². The highest BCUT2D eigenvalue weighted by molar-refractivity contribution is 5.91. The second kappa shape index (κ2) is 5.64. The molecular weight excluding hydrogens is 262 g/mol. The smallest absolute Gasteiger partial charge is 0.313 e. The molecule has 2 aliphatic rings. The van der Waals surface area contributed by atoms with Gasteiger partial charge in [0.1, 0.15) is 0 Å². The standard InChI is InChI=1S/C18H23NO2/c1-3-21-17(20)13(2)15-12-18(8-10-19-11-9-18)16-7-5-4-6-14(15)16/h4-7,12-13,19H,3,8-11H2,1-2H3. The van der Waals surface area contributed by atoms with E-state index in [1.165, 1.54) is 11.1 Å². The Bertz CT molecular complexity index is 570. The fraction of sp³-hybridized carbons (Fsp3) is 0.500. The quantitative estimate of drug-likeness (QED) is 0.868. The van der Waals surface area contributed by atoms with E-state index in [2.05, 4.69) is 35.7 Å². The van der Waals surface area contributed by atoms with Gasteiger partial charge >= 0.3 is 5.97 Å². The number of rotatable bonds is 3. The van der Waals surface area contributed by atoms with Gasteiger partial charge < -0.3 is 10.1 Å². The van der Waals surface area contributed by atoms with Crippen LogP contribution in [0.5, 0.6) is 0 Å². The molecule has 1 fully saturated rings. The summed E-state index contributed by atoms with van der Waals surface area (Å²) < 4.78 is 5.21. The fourth-order valence-electron chi connectivity index (χ4n) is 3.66. The third-order valence-electron chi connectivity index (χ3n) is 4.81. The minimum atomic E-state index is -0.194. The summed E-state index contributed by atoms with van der Waals surface area (Å²) in [6, 6.07) is 8.54. The van der Waals surface area contributed by atoms with Gasteiger partial charge in [0.25, 0.3) is 0 Å². The predicted octanol–water partition coefficient (Wildman–Crippen LogP) is 2.90. The van der Waals surface area contributed by atoms with Crippen molar-refractivity contribution in [3.05, 3.63) is 41.5 Å². The highest BCUT2D eigenvalue weighted by Gasteiger charge is 2.40. The molecule has 1 spiro atoms. The number of allylic oxidation sites excluding steroid dienone is 1. The first-order valence-electron chi connectivity index (χ1n) is 7.88. The lowest BCUT2D eigenvalue weighted by Gasteiger charge is -2.33. The Morgan fingerprint density at radius 3 is 2.76 bits per heavy atom. The monoisotopic (exact) mass is 285 g/mol. The van der Waals surface area contributed by atoms with Gasteiger partial charge in [0, 0.05) is 5.41 Å². The molecule has 1 atom stereocenters. The Labute approximate surface area is 126 Å². The number of hydrogen-bond donors (Lipinski definition) is 1. The average Bonchev–Trinajstić information content (AvgIpc) is 2.82. The molecule has 21 heavy (non-hydrogen) atoms. The number of carbonyl (C=O) groups is 1. The lowest BCUT2D eigenvalue weighted by atomic mass is 9.75. The molecule has 1 aromatic carbocycles. The van der Waals surface area contributed by atoms with E-state index in [1.807, 2.05) is 13.8 Å². The van der Waals surface area contributed by atoms with Gasteiger partial charge in [0.2, 0.25) is 0 Å². The van der Waals surface area contributed by atoms with Gasteiger partial charge in [-0.2, -0.15) is 0 Å². The molecule has 0 radical (unpaired) electrons. The van der Waals surface area contributed by atoms with Gasteiger partial charge in [0.05, 0.1) is 12.5 Å². The first kappa shape index (κ1) is 14.3. The largest absolute Gasteiger partial charge is 0.466 e. The molecule has 1 unspecified atom stereocenters. The topological polar surface area (TPSA) is 38.3 Å². The van der Waals surface area contributed by atoms with Crippen LogP contribution in [0.3, 0.4) is 0 Å². The van der Waals surface area contributed by atoms with Crippen LogP contribution in [-0.2, 0) is 14.9 Å². The molecule has 112 valence electrons. The summed E-state index contributed by atoms with van der Waals surface area (Å²) >= 11 is 0. The van der Waals surface area contributed by atoms with Crippen molar-refractivity contribution in [3.63, 3.8) is 0 Å². The Kier molecular flexibility index (Phi) is 3.85. The molecule has 3 nitrogen and oxygen atoms in total. The van der Waals surface area contributed by atoms with Crippen LogP contribution < -0.4 is 5.32 Å². The van der Waals surface area contributed by atoms with Crippen LogP contribution in [0.2, 0.25) is 0 Å². The molecule has 0 bridgehead atoms. The molecule has 0 amide bonds. The summed E-state index contributed by atoms with van der Waals surface area (Å²) in [5.74, 6) is -0.315. The number of nitrogens with one attached hydrogen (secondary N) is 1. The third-order valence-corrected chi connectivity index (χ3v) is 4.81. The molecule has 1 aliphatic carbocycles. The van der Waals surface area contributed by atoms with Crippen LogP contribution in [0, 0.1) is 5.92 Å². The van der Waals surface area contributed by atoms with E-state index in [0.29, 0.717) is 6.61 Å². The molecule has 0 aromatic heterocycles. The Hall–Kier alpha value is -1.61. The van der Waals surface area contributed by atoms with Crippen molar-refractivity contribution in [2.75, 3.05) is 19.7 Å². The van der Waals surface area contributed by atoms with Crippen molar-refractivity contribution in [1.29, 1.82) is 0 Å². The SMILES string of the molecule is CCOC(=O)C(C)C1=CC2(CCNCC2)c2ccccc21. The van der Waals surface area contributed by atoms with Gasteiger partial charge in [-0.05, 0) is 56.5 Å².